The van der Waals surface area contributed by atoms with Gasteiger partial charge in [0.1, 0.15) is 5.75 Å². The summed E-state index contributed by atoms with van der Waals surface area (Å²) in [4.78, 5) is 32.6. The van der Waals surface area contributed by atoms with Gasteiger partial charge in [0, 0.05) is 26.7 Å². The zero-order valence-electron chi connectivity index (χ0n) is 17.2. The Morgan fingerprint density at radius 2 is 2.07 bits per heavy atom. The molecule has 0 bridgehead atoms. The lowest BCUT2D eigenvalue weighted by Gasteiger charge is -2.33. The average molecular weight is 395 g/mol. The number of hydrogen-bond acceptors (Lipinski definition) is 5. The van der Waals surface area contributed by atoms with Gasteiger partial charge in [-0.1, -0.05) is 19.1 Å². The molecule has 8 heteroatoms. The zero-order valence-corrected chi connectivity index (χ0v) is 17.2. The van der Waals surface area contributed by atoms with Crippen molar-refractivity contribution in [2.75, 3.05) is 18.6 Å². The summed E-state index contributed by atoms with van der Waals surface area (Å²) in [6.45, 7) is 9.36. The molecule has 1 aliphatic rings. The number of rotatable bonds is 4. The van der Waals surface area contributed by atoms with Gasteiger partial charge in [0.15, 0.2) is 11.2 Å². The second-order valence-electron chi connectivity index (χ2n) is 7.63. The first kappa shape index (κ1) is 19.0. The molecule has 1 atom stereocenters. The first-order valence-electron chi connectivity index (χ1n) is 9.60. The molecule has 2 aromatic heterocycles. The van der Waals surface area contributed by atoms with E-state index in [0.717, 1.165) is 23.5 Å². The SMILES string of the molecule is C=CCn1c(=O)c2c(nc3n2C[C@@H](C)CN3c2cc(C)ccc2OC)n(C)c1=O. The van der Waals surface area contributed by atoms with Crippen molar-refractivity contribution in [3.8, 4) is 5.75 Å². The Morgan fingerprint density at radius 3 is 2.76 bits per heavy atom. The predicted octanol–water partition coefficient (Wildman–Crippen LogP) is 2.19. The number of aryl methyl sites for hydroxylation is 2. The van der Waals surface area contributed by atoms with Crippen molar-refractivity contribution < 1.29 is 4.74 Å². The molecule has 1 aromatic carbocycles. The molecule has 0 aliphatic carbocycles. The van der Waals surface area contributed by atoms with Crippen molar-refractivity contribution >= 4 is 22.8 Å². The van der Waals surface area contributed by atoms with E-state index in [-0.39, 0.29) is 18.0 Å². The number of methoxy groups -OCH3 is 1. The first-order valence-corrected chi connectivity index (χ1v) is 9.60. The lowest BCUT2D eigenvalue weighted by molar-refractivity contribution is 0.409. The van der Waals surface area contributed by atoms with E-state index in [2.05, 4.69) is 24.5 Å². The van der Waals surface area contributed by atoms with E-state index in [1.807, 2.05) is 23.6 Å². The van der Waals surface area contributed by atoms with Gasteiger partial charge in [-0.15, -0.1) is 6.58 Å². The van der Waals surface area contributed by atoms with Crippen LogP contribution in [0, 0.1) is 12.8 Å². The van der Waals surface area contributed by atoms with Crippen molar-refractivity contribution in [2.45, 2.75) is 26.9 Å². The lowest BCUT2D eigenvalue weighted by Crippen LogP contribution is -2.40. The smallest absolute Gasteiger partial charge is 0.332 e. The van der Waals surface area contributed by atoms with Crippen molar-refractivity contribution in [1.29, 1.82) is 0 Å². The summed E-state index contributed by atoms with van der Waals surface area (Å²) < 4.78 is 10.1. The largest absolute Gasteiger partial charge is 0.495 e. The number of aromatic nitrogens is 4. The molecule has 0 spiro atoms. The van der Waals surface area contributed by atoms with Crippen LogP contribution in [0.5, 0.6) is 5.75 Å². The number of imidazole rings is 1. The van der Waals surface area contributed by atoms with E-state index in [1.165, 1.54) is 9.13 Å². The molecule has 4 rings (SSSR count). The average Bonchev–Trinajstić information content (AvgIpc) is 3.08. The molecule has 0 saturated heterocycles. The van der Waals surface area contributed by atoms with Gasteiger partial charge >= 0.3 is 5.69 Å². The highest BCUT2D eigenvalue weighted by molar-refractivity contribution is 5.78. The molecule has 0 radical (unpaired) electrons. The van der Waals surface area contributed by atoms with Gasteiger partial charge in [-0.3, -0.25) is 13.9 Å². The molecule has 0 unspecified atom stereocenters. The number of nitrogens with zero attached hydrogens (tertiary/aromatic N) is 5. The Labute approximate surface area is 168 Å². The fourth-order valence-electron chi connectivity index (χ4n) is 4.01. The van der Waals surface area contributed by atoms with Crippen LogP contribution in [-0.4, -0.2) is 32.3 Å². The third-order valence-electron chi connectivity index (χ3n) is 5.38. The van der Waals surface area contributed by atoms with E-state index in [9.17, 15) is 9.59 Å². The molecular formula is C21H25N5O3. The molecule has 29 heavy (non-hydrogen) atoms. The Morgan fingerprint density at radius 1 is 1.31 bits per heavy atom. The van der Waals surface area contributed by atoms with E-state index in [0.29, 0.717) is 23.7 Å². The number of anilines is 2. The van der Waals surface area contributed by atoms with E-state index >= 15 is 0 Å². The fraction of sp³-hybridized carbons (Fsp3) is 0.381. The monoisotopic (exact) mass is 395 g/mol. The summed E-state index contributed by atoms with van der Waals surface area (Å²) >= 11 is 0. The summed E-state index contributed by atoms with van der Waals surface area (Å²) in [6.07, 6.45) is 1.55. The van der Waals surface area contributed by atoms with Crippen LogP contribution in [0.3, 0.4) is 0 Å². The third-order valence-corrected chi connectivity index (χ3v) is 5.38. The highest BCUT2D eigenvalue weighted by Gasteiger charge is 2.31. The maximum absolute atomic E-state index is 13.1. The van der Waals surface area contributed by atoms with Crippen molar-refractivity contribution in [2.24, 2.45) is 13.0 Å². The van der Waals surface area contributed by atoms with Crippen LogP contribution in [0.2, 0.25) is 0 Å². The normalized spacial score (nSPS) is 16.1. The molecule has 1 aliphatic heterocycles. The molecule has 3 aromatic rings. The lowest BCUT2D eigenvalue weighted by atomic mass is 10.1. The zero-order chi connectivity index (χ0) is 20.9. The van der Waals surface area contributed by atoms with Gasteiger partial charge < -0.3 is 14.2 Å². The predicted molar refractivity (Wildman–Crippen MR) is 113 cm³/mol. The number of allylic oxidation sites excluding steroid dienone is 1. The van der Waals surface area contributed by atoms with Crippen LogP contribution in [0.1, 0.15) is 12.5 Å². The summed E-state index contributed by atoms with van der Waals surface area (Å²) in [5.41, 5.74) is 2.08. The molecule has 152 valence electrons. The highest BCUT2D eigenvalue weighted by atomic mass is 16.5. The van der Waals surface area contributed by atoms with Crippen LogP contribution < -0.4 is 20.9 Å². The maximum Gasteiger partial charge on any atom is 0.332 e. The van der Waals surface area contributed by atoms with Gasteiger partial charge in [-0.25, -0.2) is 4.79 Å². The van der Waals surface area contributed by atoms with E-state index < -0.39 is 5.69 Å². The maximum atomic E-state index is 13.1. The minimum absolute atomic E-state index is 0.160. The third kappa shape index (κ3) is 2.86. The number of ether oxygens (including phenoxy) is 1. The second-order valence-corrected chi connectivity index (χ2v) is 7.63. The van der Waals surface area contributed by atoms with Gasteiger partial charge in [0.05, 0.1) is 12.8 Å². The Kier molecular flexibility index (Phi) is 4.56. The molecule has 8 nitrogen and oxygen atoms in total. The standard InChI is InChI=1S/C21H25N5O3/c1-6-9-24-19(27)17-18(23(4)21(24)28)22-20-25(11-14(3)12-26(17)20)15-10-13(2)7-8-16(15)29-5/h6-8,10,14H,1,9,11-12H2,2-5H3/t14-/m0/s1. The summed E-state index contributed by atoms with van der Waals surface area (Å²) in [5, 5.41) is 0. The Hall–Kier alpha value is -3.29. The minimum Gasteiger partial charge on any atom is -0.495 e. The van der Waals surface area contributed by atoms with Gasteiger partial charge in [-0.2, -0.15) is 4.98 Å². The Bertz CT molecular complexity index is 1230. The summed E-state index contributed by atoms with van der Waals surface area (Å²) in [5.74, 6) is 1.65. The van der Waals surface area contributed by atoms with Crippen LogP contribution in [0.4, 0.5) is 11.6 Å². The van der Waals surface area contributed by atoms with Crippen molar-refractivity contribution in [1.82, 2.24) is 18.7 Å². The quantitative estimate of drug-likeness (QED) is 0.633. The van der Waals surface area contributed by atoms with E-state index in [1.54, 1.807) is 20.2 Å². The van der Waals surface area contributed by atoms with E-state index in [4.69, 9.17) is 9.72 Å². The molecule has 0 amide bonds. The minimum atomic E-state index is -0.398. The van der Waals surface area contributed by atoms with Crippen LogP contribution in [0.15, 0.2) is 40.4 Å². The van der Waals surface area contributed by atoms with Crippen LogP contribution >= 0.6 is 0 Å². The molecule has 0 N–H and O–H groups in total. The number of fused-ring (bicyclic) bond motifs is 3. The Balaban J connectivity index is 2.04. The highest BCUT2D eigenvalue weighted by Crippen LogP contribution is 2.38. The summed E-state index contributed by atoms with van der Waals surface area (Å²) in [7, 11) is 3.28. The van der Waals surface area contributed by atoms with Crippen molar-refractivity contribution in [3.05, 3.63) is 57.3 Å². The van der Waals surface area contributed by atoms with Crippen molar-refractivity contribution in [3.63, 3.8) is 0 Å². The van der Waals surface area contributed by atoms with Gasteiger partial charge in [0.2, 0.25) is 5.95 Å². The molecule has 3 heterocycles. The number of benzene rings is 1. The second kappa shape index (κ2) is 6.95. The topological polar surface area (TPSA) is 74.3 Å². The number of hydrogen-bond donors (Lipinski definition) is 0. The van der Waals surface area contributed by atoms with Crippen LogP contribution in [-0.2, 0) is 20.1 Å². The summed E-state index contributed by atoms with van der Waals surface area (Å²) in [6, 6.07) is 5.98. The van der Waals surface area contributed by atoms with Gasteiger partial charge in [-0.05, 0) is 30.5 Å². The molecule has 0 saturated carbocycles. The van der Waals surface area contributed by atoms with Crippen LogP contribution in [0.25, 0.3) is 11.2 Å². The molecule has 0 fully saturated rings. The molecular weight excluding hydrogens is 370 g/mol. The fourth-order valence-corrected chi connectivity index (χ4v) is 4.01. The first-order chi connectivity index (χ1) is 13.9. The van der Waals surface area contributed by atoms with Gasteiger partial charge in [0.25, 0.3) is 5.56 Å².